The SMILES string of the molecule is COc1c(NCCCCC(C)C)nc[nH]c1=O. The topological polar surface area (TPSA) is 67.0 Å². The van der Waals surface area contributed by atoms with E-state index in [0.717, 1.165) is 18.9 Å². The van der Waals surface area contributed by atoms with Gasteiger partial charge in [0.25, 0.3) is 5.56 Å². The zero-order chi connectivity index (χ0) is 12.7. The number of nitrogens with one attached hydrogen (secondary N) is 2. The van der Waals surface area contributed by atoms with Crippen LogP contribution in [0, 0.1) is 5.92 Å². The first kappa shape index (κ1) is 13.5. The summed E-state index contributed by atoms with van der Waals surface area (Å²) in [6.45, 7) is 5.24. The molecule has 0 spiro atoms. The van der Waals surface area contributed by atoms with Gasteiger partial charge in [0.1, 0.15) is 0 Å². The average molecular weight is 239 g/mol. The molecule has 0 saturated heterocycles. The van der Waals surface area contributed by atoms with E-state index < -0.39 is 0 Å². The zero-order valence-electron chi connectivity index (χ0n) is 10.7. The Bertz CT molecular complexity index is 388. The van der Waals surface area contributed by atoms with Crippen molar-refractivity contribution in [3.8, 4) is 5.75 Å². The smallest absolute Gasteiger partial charge is 0.295 e. The molecule has 1 rings (SSSR count). The van der Waals surface area contributed by atoms with E-state index in [1.54, 1.807) is 0 Å². The molecule has 0 unspecified atom stereocenters. The maximum absolute atomic E-state index is 11.4. The average Bonchev–Trinajstić information content (AvgIpc) is 2.28. The van der Waals surface area contributed by atoms with Gasteiger partial charge >= 0.3 is 0 Å². The van der Waals surface area contributed by atoms with Gasteiger partial charge in [0.15, 0.2) is 5.82 Å². The van der Waals surface area contributed by atoms with E-state index in [9.17, 15) is 4.79 Å². The second-order valence-corrected chi connectivity index (χ2v) is 4.43. The standard InChI is InChI=1S/C12H21N3O2/c1-9(2)6-4-5-7-13-11-10(17-3)12(16)15-8-14-11/h8-9H,4-7H2,1-3H3,(H2,13,14,15,16). The molecule has 1 aromatic rings. The number of hydrogen-bond donors (Lipinski definition) is 2. The number of nitrogens with zero attached hydrogens (tertiary/aromatic N) is 1. The van der Waals surface area contributed by atoms with E-state index in [1.165, 1.54) is 26.3 Å². The highest BCUT2D eigenvalue weighted by atomic mass is 16.5. The van der Waals surface area contributed by atoms with E-state index in [2.05, 4.69) is 29.1 Å². The molecule has 0 aromatic carbocycles. The van der Waals surface area contributed by atoms with Crippen LogP contribution in [0.15, 0.2) is 11.1 Å². The van der Waals surface area contributed by atoms with E-state index in [4.69, 9.17) is 4.74 Å². The molecule has 96 valence electrons. The van der Waals surface area contributed by atoms with Gasteiger partial charge in [0.2, 0.25) is 5.75 Å². The molecule has 0 aliphatic rings. The third-order valence-electron chi connectivity index (χ3n) is 2.52. The fraction of sp³-hybridized carbons (Fsp3) is 0.667. The summed E-state index contributed by atoms with van der Waals surface area (Å²) in [5, 5.41) is 3.12. The van der Waals surface area contributed by atoms with E-state index >= 15 is 0 Å². The summed E-state index contributed by atoms with van der Waals surface area (Å²) in [6, 6.07) is 0. The van der Waals surface area contributed by atoms with Gasteiger partial charge in [-0.05, 0) is 12.3 Å². The third kappa shape index (κ3) is 4.46. The number of methoxy groups -OCH3 is 1. The molecule has 0 aliphatic heterocycles. The van der Waals surface area contributed by atoms with Crippen LogP contribution in [0.4, 0.5) is 5.82 Å². The Hall–Kier alpha value is -1.52. The summed E-state index contributed by atoms with van der Waals surface area (Å²) in [6.07, 6.45) is 4.84. The van der Waals surface area contributed by atoms with Crippen LogP contribution in [0.5, 0.6) is 5.75 Å². The van der Waals surface area contributed by atoms with E-state index in [1.807, 2.05) is 0 Å². The monoisotopic (exact) mass is 239 g/mol. The van der Waals surface area contributed by atoms with Crippen molar-refractivity contribution in [2.45, 2.75) is 33.1 Å². The van der Waals surface area contributed by atoms with Gasteiger partial charge in [0, 0.05) is 6.54 Å². The molecule has 0 fully saturated rings. The lowest BCUT2D eigenvalue weighted by Crippen LogP contribution is -2.14. The summed E-state index contributed by atoms with van der Waals surface area (Å²) >= 11 is 0. The summed E-state index contributed by atoms with van der Waals surface area (Å²) in [4.78, 5) is 17.9. The van der Waals surface area contributed by atoms with Gasteiger partial charge in [-0.15, -0.1) is 0 Å². The highest BCUT2D eigenvalue weighted by molar-refractivity contribution is 5.47. The Morgan fingerprint density at radius 3 is 2.88 bits per heavy atom. The maximum atomic E-state index is 11.4. The van der Waals surface area contributed by atoms with Crippen molar-refractivity contribution in [1.82, 2.24) is 9.97 Å². The first-order valence-electron chi connectivity index (χ1n) is 6.00. The van der Waals surface area contributed by atoms with E-state index in [0.29, 0.717) is 5.82 Å². The number of unbranched alkanes of at least 4 members (excludes halogenated alkanes) is 1. The quantitative estimate of drug-likeness (QED) is 0.714. The molecular weight excluding hydrogens is 218 g/mol. The number of rotatable bonds is 7. The van der Waals surface area contributed by atoms with Gasteiger partial charge in [-0.1, -0.05) is 26.7 Å². The Balaban J connectivity index is 2.41. The van der Waals surface area contributed by atoms with Crippen LogP contribution in [-0.4, -0.2) is 23.6 Å². The Labute approximate surface area is 102 Å². The zero-order valence-corrected chi connectivity index (χ0v) is 10.7. The lowest BCUT2D eigenvalue weighted by Gasteiger charge is -2.09. The van der Waals surface area contributed by atoms with Crippen LogP contribution in [0.3, 0.4) is 0 Å². The molecule has 0 saturated carbocycles. The number of ether oxygens (including phenoxy) is 1. The van der Waals surface area contributed by atoms with Gasteiger partial charge in [0.05, 0.1) is 13.4 Å². The number of aromatic amines is 1. The normalized spacial score (nSPS) is 10.6. The predicted molar refractivity (Wildman–Crippen MR) is 68.6 cm³/mol. The van der Waals surface area contributed by atoms with Crippen molar-refractivity contribution >= 4 is 5.82 Å². The summed E-state index contributed by atoms with van der Waals surface area (Å²) in [5.74, 6) is 1.50. The van der Waals surface area contributed by atoms with Crippen molar-refractivity contribution < 1.29 is 4.74 Å². The molecule has 5 nitrogen and oxygen atoms in total. The highest BCUT2D eigenvalue weighted by Crippen LogP contribution is 2.14. The van der Waals surface area contributed by atoms with Crippen LogP contribution < -0.4 is 15.6 Å². The molecule has 1 heterocycles. The van der Waals surface area contributed by atoms with Crippen molar-refractivity contribution in [1.29, 1.82) is 0 Å². The first-order valence-corrected chi connectivity index (χ1v) is 6.00. The molecule has 1 aromatic heterocycles. The first-order chi connectivity index (χ1) is 8.15. The Kier molecular flexibility index (Phi) is 5.52. The summed E-state index contributed by atoms with van der Waals surface area (Å²) in [5.41, 5.74) is -0.257. The van der Waals surface area contributed by atoms with Crippen LogP contribution in [0.2, 0.25) is 0 Å². The van der Waals surface area contributed by atoms with Gasteiger partial charge in [-0.25, -0.2) is 4.98 Å². The van der Waals surface area contributed by atoms with Crippen molar-refractivity contribution in [3.05, 3.63) is 16.7 Å². The van der Waals surface area contributed by atoms with Gasteiger partial charge in [-0.2, -0.15) is 0 Å². The minimum absolute atomic E-state index is 0.247. The lowest BCUT2D eigenvalue weighted by molar-refractivity contribution is 0.408. The van der Waals surface area contributed by atoms with E-state index in [-0.39, 0.29) is 11.3 Å². The predicted octanol–water partition coefficient (Wildman–Crippen LogP) is 2.02. The largest absolute Gasteiger partial charge is 0.489 e. The van der Waals surface area contributed by atoms with Crippen LogP contribution in [0.25, 0.3) is 0 Å². The molecule has 0 bridgehead atoms. The maximum Gasteiger partial charge on any atom is 0.295 e. The molecule has 5 heteroatoms. The number of aromatic nitrogens is 2. The molecule has 0 atom stereocenters. The molecule has 0 radical (unpaired) electrons. The van der Waals surface area contributed by atoms with Gasteiger partial charge < -0.3 is 15.0 Å². The number of anilines is 1. The summed E-state index contributed by atoms with van der Waals surface area (Å²) < 4.78 is 5.00. The molecular formula is C12H21N3O2. The fourth-order valence-corrected chi connectivity index (χ4v) is 1.59. The van der Waals surface area contributed by atoms with Crippen LogP contribution >= 0.6 is 0 Å². The lowest BCUT2D eigenvalue weighted by atomic mass is 10.1. The van der Waals surface area contributed by atoms with Crippen LogP contribution in [-0.2, 0) is 0 Å². The number of H-pyrrole nitrogens is 1. The van der Waals surface area contributed by atoms with Crippen molar-refractivity contribution in [2.75, 3.05) is 19.0 Å². The minimum Gasteiger partial charge on any atom is -0.489 e. The minimum atomic E-state index is -0.257. The second kappa shape index (κ2) is 6.93. The third-order valence-corrected chi connectivity index (χ3v) is 2.52. The molecule has 17 heavy (non-hydrogen) atoms. The molecule has 2 N–H and O–H groups in total. The summed E-state index contributed by atoms with van der Waals surface area (Å²) in [7, 11) is 1.47. The fourth-order valence-electron chi connectivity index (χ4n) is 1.59. The Morgan fingerprint density at radius 1 is 1.47 bits per heavy atom. The Morgan fingerprint density at radius 2 is 2.24 bits per heavy atom. The molecule has 0 amide bonds. The molecule has 0 aliphatic carbocycles. The van der Waals surface area contributed by atoms with Crippen LogP contribution in [0.1, 0.15) is 33.1 Å². The van der Waals surface area contributed by atoms with Gasteiger partial charge in [-0.3, -0.25) is 4.79 Å². The highest BCUT2D eigenvalue weighted by Gasteiger charge is 2.07. The second-order valence-electron chi connectivity index (χ2n) is 4.43. The van der Waals surface area contributed by atoms with Crippen molar-refractivity contribution in [2.24, 2.45) is 5.92 Å². The van der Waals surface area contributed by atoms with Crippen molar-refractivity contribution in [3.63, 3.8) is 0 Å². The number of hydrogen-bond acceptors (Lipinski definition) is 4.